The summed E-state index contributed by atoms with van der Waals surface area (Å²) in [5.41, 5.74) is 1.81. The summed E-state index contributed by atoms with van der Waals surface area (Å²) in [5.74, 6) is -0.173. The number of carbonyl (C=O) groups is 1. The average Bonchev–Trinajstić information content (AvgIpc) is 2.74. The summed E-state index contributed by atoms with van der Waals surface area (Å²) >= 11 is 0. The van der Waals surface area contributed by atoms with E-state index in [1.165, 1.54) is 6.07 Å². The van der Waals surface area contributed by atoms with E-state index in [1.54, 1.807) is 12.1 Å². The molecule has 0 spiro atoms. The molecular weight excluding hydrogens is 371 g/mol. The molecule has 0 atom stereocenters. The minimum Gasteiger partial charge on any atom is -0.492 e. The van der Waals surface area contributed by atoms with Gasteiger partial charge in [0.2, 0.25) is 0 Å². The number of rotatable bonds is 8. The van der Waals surface area contributed by atoms with Crippen molar-refractivity contribution in [1.82, 2.24) is 10.2 Å². The molecule has 1 fully saturated rings. The summed E-state index contributed by atoms with van der Waals surface area (Å²) in [5, 5.41) is 2.77. The van der Waals surface area contributed by atoms with Gasteiger partial charge in [-0.15, -0.1) is 0 Å². The van der Waals surface area contributed by atoms with Gasteiger partial charge in [-0.3, -0.25) is 9.69 Å². The number of benzene rings is 2. The lowest BCUT2D eigenvalue weighted by Gasteiger charge is -2.31. The fourth-order valence-corrected chi connectivity index (χ4v) is 3.45. The highest BCUT2D eigenvalue weighted by atomic mass is 19.1. The Labute approximate surface area is 171 Å². The zero-order chi connectivity index (χ0) is 20.6. The topological polar surface area (TPSA) is 50.8 Å². The molecule has 1 aliphatic heterocycles. The molecule has 0 aromatic heterocycles. The van der Waals surface area contributed by atoms with E-state index in [0.29, 0.717) is 19.2 Å². The van der Waals surface area contributed by atoms with Crippen LogP contribution in [0.3, 0.4) is 0 Å². The molecule has 0 unspecified atom stereocenters. The molecule has 5 nitrogen and oxygen atoms in total. The predicted molar refractivity (Wildman–Crippen MR) is 111 cm³/mol. The van der Waals surface area contributed by atoms with Crippen LogP contribution >= 0.6 is 0 Å². The third-order valence-corrected chi connectivity index (χ3v) is 5.24. The number of amides is 1. The summed E-state index contributed by atoms with van der Waals surface area (Å²) in [7, 11) is 2.12. The second kappa shape index (κ2) is 10.4. The van der Waals surface area contributed by atoms with Crippen molar-refractivity contribution in [1.29, 1.82) is 0 Å². The van der Waals surface area contributed by atoms with Gasteiger partial charge in [0.15, 0.2) is 0 Å². The second-order valence-electron chi connectivity index (χ2n) is 7.49. The maximum atomic E-state index is 13.9. The van der Waals surface area contributed by atoms with Crippen LogP contribution in [0, 0.1) is 12.7 Å². The van der Waals surface area contributed by atoms with Gasteiger partial charge in [0.05, 0.1) is 5.56 Å². The zero-order valence-corrected chi connectivity index (χ0v) is 17.1. The van der Waals surface area contributed by atoms with Gasteiger partial charge >= 0.3 is 0 Å². The lowest BCUT2D eigenvalue weighted by atomic mass is 10.1. The number of likely N-dealkylation sites (N-methyl/N-ethyl adjacent to an activating group) is 1. The molecule has 2 aromatic rings. The first-order valence-corrected chi connectivity index (χ1v) is 10.1. The highest BCUT2D eigenvalue weighted by molar-refractivity contribution is 5.94. The monoisotopic (exact) mass is 400 g/mol. The fraction of sp³-hybridized carbons (Fsp3) is 0.435. The van der Waals surface area contributed by atoms with Gasteiger partial charge in [-0.1, -0.05) is 23.8 Å². The zero-order valence-electron chi connectivity index (χ0n) is 17.1. The molecule has 2 aromatic carbocycles. The molecule has 0 saturated carbocycles. The number of hydrogen-bond donors (Lipinski definition) is 1. The Balaban J connectivity index is 1.47. The first-order valence-electron chi connectivity index (χ1n) is 10.1. The summed E-state index contributed by atoms with van der Waals surface area (Å²) < 4.78 is 25.2. The van der Waals surface area contributed by atoms with Crippen LogP contribution in [-0.2, 0) is 11.3 Å². The molecule has 1 aliphatic rings. The molecule has 1 amide bonds. The summed E-state index contributed by atoms with van der Waals surface area (Å²) in [6.07, 6.45) is 2.13. The highest BCUT2D eigenvalue weighted by Crippen LogP contribution is 2.16. The van der Waals surface area contributed by atoms with Crippen LogP contribution in [0.5, 0.6) is 5.75 Å². The normalized spacial score (nSPS) is 14.8. The Morgan fingerprint density at radius 3 is 2.83 bits per heavy atom. The van der Waals surface area contributed by atoms with Crippen molar-refractivity contribution in [3.8, 4) is 5.75 Å². The number of halogens is 1. The molecule has 1 heterocycles. The second-order valence-corrected chi connectivity index (χ2v) is 7.49. The number of hydrogen-bond acceptors (Lipinski definition) is 4. The quantitative estimate of drug-likeness (QED) is 0.736. The number of ether oxygens (including phenoxy) is 2. The molecular formula is C23H29FN2O3. The largest absolute Gasteiger partial charge is 0.492 e. The fourth-order valence-electron chi connectivity index (χ4n) is 3.45. The molecule has 29 heavy (non-hydrogen) atoms. The first-order chi connectivity index (χ1) is 14.0. The first kappa shape index (κ1) is 21.3. The maximum absolute atomic E-state index is 13.9. The summed E-state index contributed by atoms with van der Waals surface area (Å²) in [6.45, 7) is 5.24. The van der Waals surface area contributed by atoms with Crippen LogP contribution in [-0.4, -0.2) is 50.3 Å². The molecule has 6 heteroatoms. The van der Waals surface area contributed by atoms with Crippen LogP contribution in [0.2, 0.25) is 0 Å². The van der Waals surface area contributed by atoms with E-state index in [2.05, 4.69) is 17.3 Å². The average molecular weight is 400 g/mol. The van der Waals surface area contributed by atoms with Crippen molar-refractivity contribution >= 4 is 5.91 Å². The summed E-state index contributed by atoms with van der Waals surface area (Å²) in [6, 6.07) is 12.7. The molecule has 0 bridgehead atoms. The maximum Gasteiger partial charge on any atom is 0.254 e. The van der Waals surface area contributed by atoms with Gasteiger partial charge in [0.1, 0.15) is 18.2 Å². The Bertz CT molecular complexity index is 822. The number of nitrogens with zero attached hydrogens (tertiary/aromatic N) is 1. The van der Waals surface area contributed by atoms with Gasteiger partial charge in [-0.25, -0.2) is 4.39 Å². The Morgan fingerprint density at radius 1 is 1.24 bits per heavy atom. The van der Waals surface area contributed by atoms with Crippen LogP contribution in [0.1, 0.15) is 34.3 Å². The van der Waals surface area contributed by atoms with E-state index in [0.717, 1.165) is 49.5 Å². The van der Waals surface area contributed by atoms with E-state index in [1.807, 2.05) is 31.2 Å². The Kier molecular flexibility index (Phi) is 7.61. The van der Waals surface area contributed by atoms with E-state index >= 15 is 0 Å². The van der Waals surface area contributed by atoms with Crippen molar-refractivity contribution < 1.29 is 18.7 Å². The number of nitrogens with one attached hydrogen (secondary N) is 1. The Morgan fingerprint density at radius 2 is 2.03 bits per heavy atom. The number of aryl methyl sites for hydroxylation is 1. The van der Waals surface area contributed by atoms with Crippen LogP contribution < -0.4 is 10.1 Å². The van der Waals surface area contributed by atoms with E-state index in [4.69, 9.17) is 9.47 Å². The van der Waals surface area contributed by atoms with Gasteiger partial charge in [0, 0.05) is 32.3 Å². The van der Waals surface area contributed by atoms with Crippen LogP contribution in [0.4, 0.5) is 4.39 Å². The number of carbonyl (C=O) groups excluding carboxylic acids is 1. The molecule has 0 aliphatic carbocycles. The summed E-state index contributed by atoms with van der Waals surface area (Å²) in [4.78, 5) is 14.6. The highest BCUT2D eigenvalue weighted by Gasteiger charge is 2.18. The van der Waals surface area contributed by atoms with Crippen molar-refractivity contribution in [2.45, 2.75) is 32.4 Å². The van der Waals surface area contributed by atoms with E-state index in [9.17, 15) is 9.18 Å². The SMILES string of the molecule is Cc1ccc(F)c(C(=O)NCc2cccc(OCCN(C)C3CCOCC3)c2)c1. The molecule has 1 N–H and O–H groups in total. The van der Waals surface area contributed by atoms with E-state index < -0.39 is 11.7 Å². The third-order valence-electron chi connectivity index (χ3n) is 5.24. The molecule has 156 valence electrons. The minimum atomic E-state index is -0.515. The van der Waals surface area contributed by atoms with Gasteiger partial charge in [-0.05, 0) is 56.6 Å². The van der Waals surface area contributed by atoms with Crippen LogP contribution in [0.25, 0.3) is 0 Å². The smallest absolute Gasteiger partial charge is 0.254 e. The van der Waals surface area contributed by atoms with Crippen molar-refractivity contribution in [3.05, 3.63) is 65.0 Å². The van der Waals surface area contributed by atoms with Gasteiger partial charge in [-0.2, -0.15) is 0 Å². The predicted octanol–water partition coefficient (Wildman–Crippen LogP) is 3.55. The van der Waals surface area contributed by atoms with Gasteiger partial charge < -0.3 is 14.8 Å². The lowest BCUT2D eigenvalue weighted by molar-refractivity contribution is 0.0392. The lowest BCUT2D eigenvalue weighted by Crippen LogP contribution is -2.38. The minimum absolute atomic E-state index is 0.0635. The third kappa shape index (κ3) is 6.27. The standard InChI is InChI=1S/C23H29FN2O3/c1-17-6-7-22(24)21(14-17)23(27)25-16-18-4-3-5-20(15-18)29-13-10-26(2)19-8-11-28-12-9-19/h3-7,14-15,19H,8-13,16H2,1-2H3,(H,25,27). The van der Waals surface area contributed by atoms with Crippen molar-refractivity contribution in [2.75, 3.05) is 33.4 Å². The van der Waals surface area contributed by atoms with E-state index in [-0.39, 0.29) is 5.56 Å². The van der Waals surface area contributed by atoms with Crippen molar-refractivity contribution in [2.24, 2.45) is 0 Å². The van der Waals surface area contributed by atoms with Crippen molar-refractivity contribution in [3.63, 3.8) is 0 Å². The van der Waals surface area contributed by atoms with Gasteiger partial charge in [0.25, 0.3) is 5.91 Å². The Hall–Kier alpha value is -2.44. The molecule has 0 radical (unpaired) electrons. The van der Waals surface area contributed by atoms with Crippen LogP contribution in [0.15, 0.2) is 42.5 Å². The molecule has 3 rings (SSSR count). The molecule has 1 saturated heterocycles.